The van der Waals surface area contributed by atoms with E-state index in [1.54, 1.807) is 24.3 Å². The van der Waals surface area contributed by atoms with Crippen LogP contribution in [-0.4, -0.2) is 27.1 Å². The largest absolute Gasteiger partial charge is 0.330 e. The number of nitrogens with two attached hydrogens (primary N) is 1. The van der Waals surface area contributed by atoms with Crippen LogP contribution < -0.4 is 11.1 Å². The number of carbonyl (C=O) groups is 1. The molecular formula is C15H23ClN2O3S. The fraction of sp³-hybridized carbons (Fsp3) is 0.533. The van der Waals surface area contributed by atoms with Crippen molar-refractivity contribution in [2.45, 2.75) is 25.0 Å². The molecule has 0 heterocycles. The van der Waals surface area contributed by atoms with Gasteiger partial charge in [-0.05, 0) is 43.0 Å². The van der Waals surface area contributed by atoms with Gasteiger partial charge in [-0.1, -0.05) is 18.6 Å². The smallest absolute Gasteiger partial charge is 0.227 e. The highest BCUT2D eigenvalue weighted by Crippen LogP contribution is 2.31. The van der Waals surface area contributed by atoms with Crippen molar-refractivity contribution in [3.05, 3.63) is 29.8 Å². The number of anilines is 1. The number of sulfone groups is 1. The summed E-state index contributed by atoms with van der Waals surface area (Å²) in [5, 5.41) is 2.89. The second-order valence-corrected chi connectivity index (χ2v) is 7.93. The summed E-state index contributed by atoms with van der Waals surface area (Å²) in [6, 6.07) is 6.94. The quantitative estimate of drug-likeness (QED) is 0.853. The van der Waals surface area contributed by atoms with E-state index in [1.807, 2.05) is 0 Å². The lowest BCUT2D eigenvalue weighted by Gasteiger charge is -2.17. The predicted molar refractivity (Wildman–Crippen MR) is 90.8 cm³/mol. The van der Waals surface area contributed by atoms with E-state index in [0.29, 0.717) is 12.2 Å². The molecule has 1 saturated carbocycles. The Hall–Kier alpha value is -1.11. The Kier molecular flexibility index (Phi) is 6.84. The van der Waals surface area contributed by atoms with Crippen molar-refractivity contribution in [2.24, 2.45) is 17.6 Å². The van der Waals surface area contributed by atoms with Crippen LogP contribution in [0.25, 0.3) is 0 Å². The maximum absolute atomic E-state index is 12.2. The van der Waals surface area contributed by atoms with Crippen LogP contribution in [0.1, 0.15) is 24.8 Å². The molecule has 3 N–H and O–H groups in total. The third kappa shape index (κ3) is 5.26. The van der Waals surface area contributed by atoms with Crippen LogP contribution in [0.3, 0.4) is 0 Å². The molecule has 22 heavy (non-hydrogen) atoms. The Bertz CT molecular complexity index is 602. The summed E-state index contributed by atoms with van der Waals surface area (Å²) in [7, 11) is -3.04. The Balaban J connectivity index is 0.00000242. The highest BCUT2D eigenvalue weighted by Gasteiger charge is 2.31. The summed E-state index contributed by atoms with van der Waals surface area (Å²) in [5.41, 5.74) is 7.11. The minimum absolute atomic E-state index is 0. The number of amides is 1. The van der Waals surface area contributed by atoms with Crippen LogP contribution >= 0.6 is 12.4 Å². The molecule has 0 radical (unpaired) electrons. The van der Waals surface area contributed by atoms with E-state index in [2.05, 4.69) is 5.32 Å². The number of halogens is 1. The van der Waals surface area contributed by atoms with Crippen LogP contribution in [0.2, 0.25) is 0 Å². The lowest BCUT2D eigenvalue weighted by molar-refractivity contribution is -0.120. The van der Waals surface area contributed by atoms with Gasteiger partial charge in [0.05, 0.1) is 5.75 Å². The molecule has 0 spiro atoms. The average molecular weight is 347 g/mol. The maximum Gasteiger partial charge on any atom is 0.227 e. The Morgan fingerprint density at radius 3 is 2.45 bits per heavy atom. The van der Waals surface area contributed by atoms with E-state index in [4.69, 9.17) is 5.73 Å². The van der Waals surface area contributed by atoms with Gasteiger partial charge < -0.3 is 11.1 Å². The monoisotopic (exact) mass is 346 g/mol. The molecule has 1 amide bonds. The second-order valence-electron chi connectivity index (χ2n) is 5.79. The zero-order valence-corrected chi connectivity index (χ0v) is 14.3. The molecule has 2 rings (SSSR count). The van der Waals surface area contributed by atoms with Crippen LogP contribution in [0.5, 0.6) is 0 Å². The number of rotatable bonds is 5. The van der Waals surface area contributed by atoms with Crippen LogP contribution in [0.15, 0.2) is 24.3 Å². The third-order valence-electron chi connectivity index (χ3n) is 3.95. The van der Waals surface area contributed by atoms with Gasteiger partial charge in [0.15, 0.2) is 9.84 Å². The van der Waals surface area contributed by atoms with E-state index >= 15 is 0 Å². The van der Waals surface area contributed by atoms with Gasteiger partial charge in [-0.3, -0.25) is 4.79 Å². The van der Waals surface area contributed by atoms with Gasteiger partial charge in [0, 0.05) is 17.9 Å². The fourth-order valence-electron chi connectivity index (χ4n) is 2.89. The van der Waals surface area contributed by atoms with Gasteiger partial charge >= 0.3 is 0 Å². The Morgan fingerprint density at radius 2 is 1.91 bits per heavy atom. The lowest BCUT2D eigenvalue weighted by atomic mass is 9.95. The average Bonchev–Trinajstić information content (AvgIpc) is 2.87. The molecule has 2 atom stereocenters. The first-order valence-corrected chi connectivity index (χ1v) is 9.22. The number of hydrogen-bond donors (Lipinski definition) is 2. The van der Waals surface area contributed by atoms with E-state index < -0.39 is 9.84 Å². The van der Waals surface area contributed by atoms with Gasteiger partial charge in [-0.15, -0.1) is 12.4 Å². The number of nitrogens with one attached hydrogen (secondary N) is 1. The standard InChI is InChI=1S/C15H22N2O3S.ClH/c1-21(19,20)10-11-5-7-13(8-6-11)17-15(18)14-4-2-3-12(14)9-16;/h5-8,12,14H,2-4,9-10,16H2,1H3,(H,17,18);1H/t12-,14-;/m1./s1. The first-order chi connectivity index (χ1) is 9.89. The first-order valence-electron chi connectivity index (χ1n) is 7.16. The molecule has 7 heteroatoms. The third-order valence-corrected chi connectivity index (χ3v) is 4.81. The summed E-state index contributed by atoms with van der Waals surface area (Å²) < 4.78 is 22.4. The zero-order chi connectivity index (χ0) is 15.5. The summed E-state index contributed by atoms with van der Waals surface area (Å²) >= 11 is 0. The van der Waals surface area contributed by atoms with Crippen molar-refractivity contribution >= 4 is 33.8 Å². The molecule has 0 aliphatic heterocycles. The highest BCUT2D eigenvalue weighted by atomic mass is 35.5. The lowest BCUT2D eigenvalue weighted by Crippen LogP contribution is -2.29. The minimum atomic E-state index is -3.04. The number of hydrogen-bond acceptors (Lipinski definition) is 4. The van der Waals surface area contributed by atoms with E-state index in [-0.39, 0.29) is 35.9 Å². The normalized spacial score (nSPS) is 21.2. The van der Waals surface area contributed by atoms with Crippen LogP contribution in [0, 0.1) is 11.8 Å². The molecule has 1 aliphatic carbocycles. The number of carbonyl (C=O) groups excluding carboxylic acids is 1. The van der Waals surface area contributed by atoms with Crippen molar-refractivity contribution < 1.29 is 13.2 Å². The van der Waals surface area contributed by atoms with E-state index in [1.165, 1.54) is 6.26 Å². The molecule has 1 fully saturated rings. The second kappa shape index (κ2) is 7.94. The van der Waals surface area contributed by atoms with Gasteiger partial charge in [-0.2, -0.15) is 0 Å². The molecule has 124 valence electrons. The van der Waals surface area contributed by atoms with Crippen molar-refractivity contribution in [1.29, 1.82) is 0 Å². The van der Waals surface area contributed by atoms with Crippen molar-refractivity contribution in [3.8, 4) is 0 Å². The van der Waals surface area contributed by atoms with Crippen molar-refractivity contribution in [3.63, 3.8) is 0 Å². The summed E-state index contributed by atoms with van der Waals surface area (Å²) in [5.74, 6) is 0.290. The molecule has 0 aromatic heterocycles. The van der Waals surface area contributed by atoms with E-state index in [0.717, 1.165) is 24.8 Å². The molecule has 0 saturated heterocycles. The molecule has 1 aliphatic rings. The minimum Gasteiger partial charge on any atom is -0.330 e. The van der Waals surface area contributed by atoms with E-state index in [9.17, 15) is 13.2 Å². The fourth-order valence-corrected chi connectivity index (χ4v) is 3.68. The van der Waals surface area contributed by atoms with Crippen LogP contribution in [-0.2, 0) is 20.4 Å². The molecular weight excluding hydrogens is 324 g/mol. The summed E-state index contributed by atoms with van der Waals surface area (Å²) in [6.45, 7) is 0.547. The van der Waals surface area contributed by atoms with Crippen LogP contribution in [0.4, 0.5) is 5.69 Å². The Morgan fingerprint density at radius 1 is 1.27 bits per heavy atom. The van der Waals surface area contributed by atoms with Crippen molar-refractivity contribution in [2.75, 3.05) is 18.1 Å². The van der Waals surface area contributed by atoms with Gasteiger partial charge in [0.2, 0.25) is 5.91 Å². The van der Waals surface area contributed by atoms with Crippen molar-refractivity contribution in [1.82, 2.24) is 0 Å². The van der Waals surface area contributed by atoms with Gasteiger partial charge in [-0.25, -0.2) is 8.42 Å². The topological polar surface area (TPSA) is 89.3 Å². The Labute approximate surface area is 138 Å². The maximum atomic E-state index is 12.2. The first kappa shape index (κ1) is 18.9. The summed E-state index contributed by atoms with van der Waals surface area (Å²) in [4.78, 5) is 12.2. The summed E-state index contributed by atoms with van der Waals surface area (Å²) in [6.07, 6.45) is 4.16. The molecule has 0 unspecified atom stereocenters. The molecule has 5 nitrogen and oxygen atoms in total. The highest BCUT2D eigenvalue weighted by molar-refractivity contribution is 7.89. The zero-order valence-electron chi connectivity index (χ0n) is 12.6. The predicted octanol–water partition coefficient (Wildman–Crippen LogP) is 1.97. The van der Waals surface area contributed by atoms with Gasteiger partial charge in [0.1, 0.15) is 0 Å². The van der Waals surface area contributed by atoms with Gasteiger partial charge in [0.25, 0.3) is 0 Å². The molecule has 0 bridgehead atoms. The SMILES string of the molecule is CS(=O)(=O)Cc1ccc(NC(=O)[C@@H]2CCC[C@@H]2CN)cc1.Cl. The number of benzene rings is 1. The molecule has 1 aromatic rings. The molecule has 1 aromatic carbocycles.